The van der Waals surface area contributed by atoms with Gasteiger partial charge in [0, 0.05) is 47.9 Å². The van der Waals surface area contributed by atoms with E-state index in [0.29, 0.717) is 29.8 Å². The number of benzene rings is 1. The van der Waals surface area contributed by atoms with Crippen LogP contribution < -0.4 is 10.6 Å². The highest BCUT2D eigenvalue weighted by molar-refractivity contribution is 6.31. The third kappa shape index (κ3) is 4.68. The molecule has 3 rings (SSSR count). The predicted molar refractivity (Wildman–Crippen MR) is 105 cm³/mol. The number of pyridine rings is 1. The van der Waals surface area contributed by atoms with Crippen LogP contribution in [0.5, 0.6) is 0 Å². The molecule has 0 spiro atoms. The highest BCUT2D eigenvalue weighted by Crippen LogP contribution is 2.25. The van der Waals surface area contributed by atoms with E-state index in [2.05, 4.69) is 25.6 Å². The van der Waals surface area contributed by atoms with Crippen LogP contribution in [-0.2, 0) is 0 Å². The van der Waals surface area contributed by atoms with Crippen molar-refractivity contribution < 1.29 is 5.11 Å². The summed E-state index contributed by atoms with van der Waals surface area (Å²) in [5.74, 6) is 1.15. The van der Waals surface area contributed by atoms with Crippen molar-refractivity contribution in [3.8, 4) is 11.3 Å². The molecule has 0 aliphatic rings. The number of anilines is 3. The average Bonchev–Trinajstić information content (AvgIpc) is 2.66. The standard InChI is InChI=1S/C19H20ClN5O/c1-13-3-4-15(11-16(13)20)23-18-12-17(14-5-8-21-9-6-14)24-19(25-18)22-7-2-10-26/h3-6,8-9,11-12,26H,2,7,10H2,1H3,(H2,22,23,24,25). The van der Waals surface area contributed by atoms with E-state index >= 15 is 0 Å². The molecule has 7 heteroatoms. The lowest BCUT2D eigenvalue weighted by Gasteiger charge is -2.12. The normalized spacial score (nSPS) is 10.6. The van der Waals surface area contributed by atoms with Gasteiger partial charge in [0.05, 0.1) is 5.69 Å². The molecule has 6 nitrogen and oxygen atoms in total. The van der Waals surface area contributed by atoms with Crippen LogP contribution in [0.15, 0.2) is 48.8 Å². The second kappa shape index (κ2) is 8.60. The Labute approximate surface area is 157 Å². The van der Waals surface area contributed by atoms with E-state index in [1.807, 2.05) is 43.3 Å². The van der Waals surface area contributed by atoms with Gasteiger partial charge in [0.2, 0.25) is 5.95 Å². The van der Waals surface area contributed by atoms with Crippen molar-refractivity contribution in [1.82, 2.24) is 15.0 Å². The molecule has 2 heterocycles. The van der Waals surface area contributed by atoms with Crippen molar-refractivity contribution in [2.45, 2.75) is 13.3 Å². The fourth-order valence-corrected chi connectivity index (χ4v) is 2.54. The van der Waals surface area contributed by atoms with Gasteiger partial charge in [-0.25, -0.2) is 4.98 Å². The number of aromatic nitrogens is 3. The summed E-state index contributed by atoms with van der Waals surface area (Å²) >= 11 is 6.21. The summed E-state index contributed by atoms with van der Waals surface area (Å²) in [6.45, 7) is 2.66. The van der Waals surface area contributed by atoms with Crippen molar-refractivity contribution in [3.05, 3.63) is 59.4 Å². The third-order valence-electron chi connectivity index (χ3n) is 3.76. The lowest BCUT2D eigenvalue weighted by molar-refractivity contribution is 0.292. The quantitative estimate of drug-likeness (QED) is 0.545. The molecule has 0 radical (unpaired) electrons. The molecule has 0 atom stereocenters. The zero-order valence-corrected chi connectivity index (χ0v) is 15.2. The smallest absolute Gasteiger partial charge is 0.225 e. The van der Waals surface area contributed by atoms with Gasteiger partial charge >= 0.3 is 0 Å². The average molecular weight is 370 g/mol. The lowest BCUT2D eigenvalue weighted by atomic mass is 10.2. The summed E-state index contributed by atoms with van der Waals surface area (Å²) in [4.78, 5) is 13.1. The molecule has 2 aromatic heterocycles. The fraction of sp³-hybridized carbons (Fsp3) is 0.211. The molecule has 0 aliphatic carbocycles. The Balaban J connectivity index is 1.91. The number of aliphatic hydroxyl groups is 1. The number of nitrogens with zero attached hydrogens (tertiary/aromatic N) is 3. The summed E-state index contributed by atoms with van der Waals surface area (Å²) < 4.78 is 0. The largest absolute Gasteiger partial charge is 0.396 e. The van der Waals surface area contributed by atoms with Crippen molar-refractivity contribution in [2.75, 3.05) is 23.8 Å². The van der Waals surface area contributed by atoms with E-state index < -0.39 is 0 Å². The molecular formula is C19H20ClN5O. The van der Waals surface area contributed by atoms with Gasteiger partial charge in [-0.2, -0.15) is 4.98 Å². The van der Waals surface area contributed by atoms with Crippen LogP contribution in [0.1, 0.15) is 12.0 Å². The molecule has 3 N–H and O–H groups in total. The Bertz CT molecular complexity index is 873. The zero-order valence-electron chi connectivity index (χ0n) is 14.4. The van der Waals surface area contributed by atoms with Crippen molar-refractivity contribution in [3.63, 3.8) is 0 Å². The summed E-state index contributed by atoms with van der Waals surface area (Å²) in [6.07, 6.45) is 4.07. The Kier molecular flexibility index (Phi) is 5.99. The van der Waals surface area contributed by atoms with Crippen LogP contribution in [-0.4, -0.2) is 33.2 Å². The highest BCUT2D eigenvalue weighted by Gasteiger charge is 2.08. The Morgan fingerprint density at radius 2 is 1.88 bits per heavy atom. The second-order valence-corrected chi connectivity index (χ2v) is 6.20. The summed E-state index contributed by atoms with van der Waals surface area (Å²) in [5.41, 5.74) is 3.58. The molecule has 0 amide bonds. The van der Waals surface area contributed by atoms with Gasteiger partial charge in [-0.1, -0.05) is 17.7 Å². The molecule has 3 aromatic rings. The van der Waals surface area contributed by atoms with Gasteiger partial charge < -0.3 is 15.7 Å². The van der Waals surface area contributed by atoms with Gasteiger partial charge in [0.25, 0.3) is 0 Å². The lowest BCUT2D eigenvalue weighted by Crippen LogP contribution is -2.08. The number of hydrogen-bond acceptors (Lipinski definition) is 6. The van der Waals surface area contributed by atoms with E-state index in [1.54, 1.807) is 12.4 Å². The number of aryl methyl sites for hydroxylation is 1. The Morgan fingerprint density at radius 3 is 2.62 bits per heavy atom. The maximum absolute atomic E-state index is 8.96. The number of aliphatic hydroxyl groups excluding tert-OH is 1. The topological polar surface area (TPSA) is 83.0 Å². The first-order chi connectivity index (χ1) is 12.7. The predicted octanol–water partition coefficient (Wildman–Crippen LogP) is 4.04. The van der Waals surface area contributed by atoms with E-state index in [9.17, 15) is 0 Å². The van der Waals surface area contributed by atoms with Gasteiger partial charge in [0.1, 0.15) is 5.82 Å². The van der Waals surface area contributed by atoms with Crippen LogP contribution in [0.3, 0.4) is 0 Å². The molecule has 0 saturated heterocycles. The first-order valence-electron chi connectivity index (χ1n) is 8.33. The van der Waals surface area contributed by atoms with Crippen LogP contribution in [0.2, 0.25) is 5.02 Å². The molecule has 26 heavy (non-hydrogen) atoms. The van der Waals surface area contributed by atoms with Crippen molar-refractivity contribution in [2.24, 2.45) is 0 Å². The van der Waals surface area contributed by atoms with Gasteiger partial charge in [0.15, 0.2) is 0 Å². The van der Waals surface area contributed by atoms with Crippen molar-refractivity contribution in [1.29, 1.82) is 0 Å². The minimum atomic E-state index is 0.115. The highest BCUT2D eigenvalue weighted by atomic mass is 35.5. The number of nitrogens with one attached hydrogen (secondary N) is 2. The van der Waals surface area contributed by atoms with E-state index in [0.717, 1.165) is 22.5 Å². The maximum atomic E-state index is 8.96. The summed E-state index contributed by atoms with van der Waals surface area (Å²) in [6, 6.07) is 11.4. The van der Waals surface area contributed by atoms with Crippen LogP contribution >= 0.6 is 11.6 Å². The summed E-state index contributed by atoms with van der Waals surface area (Å²) in [5, 5.41) is 16.1. The van der Waals surface area contributed by atoms with Crippen LogP contribution in [0.4, 0.5) is 17.5 Å². The van der Waals surface area contributed by atoms with Gasteiger partial charge in [-0.3, -0.25) is 4.98 Å². The zero-order chi connectivity index (χ0) is 18.4. The Morgan fingerprint density at radius 1 is 1.08 bits per heavy atom. The van der Waals surface area contributed by atoms with Gasteiger partial charge in [-0.05, 0) is 43.2 Å². The number of halogens is 1. The minimum absolute atomic E-state index is 0.115. The molecule has 0 aliphatic heterocycles. The molecule has 0 unspecified atom stereocenters. The fourth-order valence-electron chi connectivity index (χ4n) is 2.36. The minimum Gasteiger partial charge on any atom is -0.396 e. The Hall–Kier alpha value is -2.70. The van der Waals surface area contributed by atoms with Crippen molar-refractivity contribution >= 4 is 29.1 Å². The number of rotatable bonds is 7. The molecular weight excluding hydrogens is 350 g/mol. The monoisotopic (exact) mass is 369 g/mol. The van der Waals surface area contributed by atoms with E-state index in [-0.39, 0.29) is 6.61 Å². The van der Waals surface area contributed by atoms with Crippen LogP contribution in [0, 0.1) is 6.92 Å². The van der Waals surface area contributed by atoms with Gasteiger partial charge in [-0.15, -0.1) is 0 Å². The maximum Gasteiger partial charge on any atom is 0.225 e. The van der Waals surface area contributed by atoms with Crippen LogP contribution in [0.25, 0.3) is 11.3 Å². The van der Waals surface area contributed by atoms with E-state index in [1.165, 1.54) is 0 Å². The SMILES string of the molecule is Cc1ccc(Nc2cc(-c3ccncc3)nc(NCCCO)n2)cc1Cl. The molecule has 0 saturated carbocycles. The molecule has 0 fully saturated rings. The second-order valence-electron chi connectivity index (χ2n) is 5.79. The first kappa shape index (κ1) is 18.1. The molecule has 1 aromatic carbocycles. The molecule has 134 valence electrons. The first-order valence-corrected chi connectivity index (χ1v) is 8.71. The number of hydrogen-bond donors (Lipinski definition) is 3. The third-order valence-corrected chi connectivity index (χ3v) is 4.17. The summed E-state index contributed by atoms with van der Waals surface area (Å²) in [7, 11) is 0. The molecule has 0 bridgehead atoms. The van der Waals surface area contributed by atoms with E-state index in [4.69, 9.17) is 16.7 Å².